The lowest BCUT2D eigenvalue weighted by Crippen LogP contribution is -2.33. The predicted octanol–water partition coefficient (Wildman–Crippen LogP) is 3.33. The summed E-state index contributed by atoms with van der Waals surface area (Å²) >= 11 is 0. The second-order valence-electron chi connectivity index (χ2n) is 6.90. The molecule has 0 fully saturated rings. The fraction of sp³-hybridized carbons (Fsp3) is 0.350. The van der Waals surface area contributed by atoms with Crippen LogP contribution in [0.3, 0.4) is 0 Å². The lowest BCUT2D eigenvalue weighted by atomic mass is 10.1. The minimum Gasteiger partial charge on any atom is -0.338 e. The molecule has 1 aliphatic heterocycles. The highest BCUT2D eigenvalue weighted by Crippen LogP contribution is 2.23. The molecule has 0 unspecified atom stereocenters. The summed E-state index contributed by atoms with van der Waals surface area (Å²) in [5.74, 6) is 1.07. The normalized spacial score (nSPS) is 13.4. The Kier molecular flexibility index (Phi) is 5.12. The molecule has 1 N–H and O–H groups in total. The van der Waals surface area contributed by atoms with Crippen LogP contribution < -0.4 is 10.4 Å². The van der Waals surface area contributed by atoms with E-state index in [4.69, 9.17) is 9.36 Å². The summed E-state index contributed by atoms with van der Waals surface area (Å²) in [5.41, 5.74) is 3.73. The third-order valence-corrected chi connectivity index (χ3v) is 4.53. The van der Waals surface area contributed by atoms with Gasteiger partial charge in [0.25, 0.3) is 0 Å². The summed E-state index contributed by atoms with van der Waals surface area (Å²) in [6, 6.07) is 11.7. The van der Waals surface area contributed by atoms with Crippen LogP contribution in [0, 0.1) is 13.8 Å². The largest absolute Gasteiger partial charge is 0.338 e. The maximum absolute atomic E-state index is 12.2. The number of carbonyl (C=O) groups excluding carboxylic acids is 1. The molecule has 146 valence electrons. The molecule has 0 atom stereocenters. The fourth-order valence-electron chi connectivity index (χ4n) is 3.23. The molecular weight excluding hydrogens is 358 g/mol. The van der Waals surface area contributed by atoms with E-state index in [2.05, 4.69) is 15.6 Å². The van der Waals surface area contributed by atoms with Crippen molar-refractivity contribution in [2.24, 2.45) is 0 Å². The average Bonchev–Trinajstić information content (AvgIpc) is 3.28. The van der Waals surface area contributed by atoms with Gasteiger partial charge in [-0.25, -0.2) is 9.75 Å². The quantitative estimate of drug-likeness (QED) is 0.705. The number of hydrogen-bond donors (Lipinski definition) is 1. The molecule has 8 nitrogen and oxygen atoms in total. The smallest absolute Gasteiger partial charge is 0.231 e. The van der Waals surface area contributed by atoms with E-state index in [9.17, 15) is 4.79 Å². The predicted molar refractivity (Wildman–Crippen MR) is 105 cm³/mol. The molecule has 1 amide bonds. The van der Waals surface area contributed by atoms with Crippen molar-refractivity contribution in [2.45, 2.75) is 33.2 Å². The van der Waals surface area contributed by atoms with Crippen LogP contribution in [0.2, 0.25) is 0 Å². The number of nitrogens with one attached hydrogen (secondary N) is 1. The highest BCUT2D eigenvalue weighted by molar-refractivity contribution is 5.89. The number of carbonyl (C=O) groups is 1. The van der Waals surface area contributed by atoms with Gasteiger partial charge in [0.1, 0.15) is 5.69 Å². The molecule has 4 rings (SSSR count). The third kappa shape index (κ3) is 4.07. The Balaban J connectivity index is 1.29. The van der Waals surface area contributed by atoms with Crippen molar-refractivity contribution in [1.82, 2.24) is 14.9 Å². The Morgan fingerprint density at radius 3 is 3.00 bits per heavy atom. The molecule has 28 heavy (non-hydrogen) atoms. The van der Waals surface area contributed by atoms with Gasteiger partial charge in [-0.3, -0.25) is 14.9 Å². The molecule has 0 saturated carbocycles. The number of amides is 1. The van der Waals surface area contributed by atoms with Gasteiger partial charge in [0.15, 0.2) is 5.82 Å². The number of anilines is 2. The van der Waals surface area contributed by atoms with E-state index in [1.165, 1.54) is 0 Å². The minimum atomic E-state index is -0.186. The van der Waals surface area contributed by atoms with E-state index in [1.807, 2.05) is 48.9 Å². The van der Waals surface area contributed by atoms with E-state index < -0.39 is 0 Å². The summed E-state index contributed by atoms with van der Waals surface area (Å²) in [6.45, 7) is 5.92. The molecule has 0 radical (unpaired) electrons. The molecule has 8 heteroatoms. The molecule has 1 aliphatic rings. The van der Waals surface area contributed by atoms with Crippen LogP contribution in [0.4, 0.5) is 11.7 Å². The number of rotatable bonds is 6. The van der Waals surface area contributed by atoms with E-state index >= 15 is 0 Å². The zero-order valence-electron chi connectivity index (χ0n) is 16.0. The zero-order chi connectivity index (χ0) is 19.5. The van der Waals surface area contributed by atoms with Crippen LogP contribution >= 0.6 is 0 Å². The standard InChI is InChI=1S/C20H23N5O3/c1-14-5-3-6-16(11-14)17-13-19(28-23-17)21-18(26)7-10-27-25-9-4-8-24-20(25)12-15(2)22-24/h3,5-6,11-13H,4,7-10H2,1-2H3,(H,21,26). The number of hydroxylamine groups is 1. The Hall–Kier alpha value is -3.13. The van der Waals surface area contributed by atoms with Crippen molar-refractivity contribution in [3.05, 3.63) is 47.7 Å². The van der Waals surface area contributed by atoms with Crippen molar-refractivity contribution in [2.75, 3.05) is 23.5 Å². The highest BCUT2D eigenvalue weighted by atomic mass is 16.7. The van der Waals surface area contributed by atoms with Gasteiger partial charge in [-0.2, -0.15) is 5.10 Å². The molecule has 0 spiro atoms. The molecule has 0 bridgehead atoms. The maximum atomic E-state index is 12.2. The molecule has 3 aromatic rings. The van der Waals surface area contributed by atoms with Gasteiger partial charge in [0, 0.05) is 30.8 Å². The van der Waals surface area contributed by atoms with Crippen molar-refractivity contribution in [1.29, 1.82) is 0 Å². The van der Waals surface area contributed by atoms with Gasteiger partial charge in [-0.05, 0) is 26.3 Å². The SMILES string of the molecule is Cc1cccc(-c2cc(NC(=O)CCON3CCCn4nc(C)cc43)on2)c1. The van der Waals surface area contributed by atoms with E-state index in [0.717, 1.165) is 42.1 Å². The van der Waals surface area contributed by atoms with Crippen molar-refractivity contribution >= 4 is 17.6 Å². The lowest BCUT2D eigenvalue weighted by Gasteiger charge is -2.28. The first kappa shape index (κ1) is 18.2. The average molecular weight is 381 g/mol. The summed E-state index contributed by atoms with van der Waals surface area (Å²) in [7, 11) is 0. The maximum Gasteiger partial charge on any atom is 0.231 e. The number of aryl methyl sites for hydroxylation is 3. The van der Waals surface area contributed by atoms with Crippen LogP contribution in [0.15, 0.2) is 40.9 Å². The molecule has 0 aliphatic carbocycles. The number of nitrogens with zero attached hydrogens (tertiary/aromatic N) is 4. The molecular formula is C20H23N5O3. The van der Waals surface area contributed by atoms with Crippen molar-refractivity contribution in [3.63, 3.8) is 0 Å². The number of aromatic nitrogens is 3. The van der Waals surface area contributed by atoms with Crippen molar-refractivity contribution < 1.29 is 14.2 Å². The number of benzene rings is 1. The minimum absolute atomic E-state index is 0.186. The topological polar surface area (TPSA) is 85.4 Å². The van der Waals surface area contributed by atoms with Gasteiger partial charge < -0.3 is 4.52 Å². The summed E-state index contributed by atoms with van der Waals surface area (Å²) in [6.07, 6.45) is 1.17. The van der Waals surface area contributed by atoms with Crippen molar-refractivity contribution in [3.8, 4) is 11.3 Å². The third-order valence-electron chi connectivity index (χ3n) is 4.53. The van der Waals surface area contributed by atoms with Crippen LogP contribution in [0.1, 0.15) is 24.1 Å². The monoisotopic (exact) mass is 381 g/mol. The number of fused-ring (bicyclic) bond motifs is 1. The fourth-order valence-corrected chi connectivity index (χ4v) is 3.23. The van der Waals surface area contributed by atoms with Gasteiger partial charge >= 0.3 is 0 Å². The zero-order valence-corrected chi connectivity index (χ0v) is 16.0. The molecule has 1 aromatic carbocycles. The Morgan fingerprint density at radius 1 is 1.25 bits per heavy atom. The summed E-state index contributed by atoms with van der Waals surface area (Å²) in [4.78, 5) is 18.0. The van der Waals surface area contributed by atoms with Crippen LogP contribution in [0.5, 0.6) is 0 Å². The van der Waals surface area contributed by atoms with E-state index in [1.54, 1.807) is 11.1 Å². The Bertz CT molecular complexity index is 978. The molecule has 2 aromatic heterocycles. The number of hydrogen-bond acceptors (Lipinski definition) is 6. The summed E-state index contributed by atoms with van der Waals surface area (Å²) in [5, 5.41) is 13.0. The molecule has 0 saturated heterocycles. The Morgan fingerprint density at radius 2 is 2.14 bits per heavy atom. The second-order valence-corrected chi connectivity index (χ2v) is 6.90. The van der Waals surface area contributed by atoms with Gasteiger partial charge in [0.05, 0.1) is 18.7 Å². The van der Waals surface area contributed by atoms with Gasteiger partial charge in [-0.1, -0.05) is 28.9 Å². The lowest BCUT2D eigenvalue weighted by molar-refractivity contribution is -0.117. The first-order chi connectivity index (χ1) is 13.6. The second kappa shape index (κ2) is 7.85. The summed E-state index contributed by atoms with van der Waals surface area (Å²) < 4.78 is 7.16. The Labute approximate surface area is 163 Å². The first-order valence-corrected chi connectivity index (χ1v) is 9.37. The van der Waals surface area contributed by atoms with Gasteiger partial charge in [-0.15, -0.1) is 0 Å². The highest BCUT2D eigenvalue weighted by Gasteiger charge is 2.19. The van der Waals surface area contributed by atoms with E-state index in [0.29, 0.717) is 11.6 Å². The molecule has 3 heterocycles. The first-order valence-electron chi connectivity index (χ1n) is 9.37. The van der Waals surface area contributed by atoms with Gasteiger partial charge in [0.2, 0.25) is 11.8 Å². The van der Waals surface area contributed by atoms with E-state index in [-0.39, 0.29) is 18.9 Å². The van der Waals surface area contributed by atoms with Crippen LogP contribution in [-0.2, 0) is 16.2 Å². The van der Waals surface area contributed by atoms with Crippen LogP contribution in [-0.4, -0.2) is 34.0 Å². The van der Waals surface area contributed by atoms with Crippen LogP contribution in [0.25, 0.3) is 11.3 Å².